The van der Waals surface area contributed by atoms with E-state index in [1.54, 1.807) is 13.3 Å². The average Bonchev–Trinajstić information content (AvgIpc) is 2.56. The number of nitrogens with zero attached hydrogens (tertiary/aromatic N) is 1. The first-order chi connectivity index (χ1) is 11.0. The summed E-state index contributed by atoms with van der Waals surface area (Å²) in [5.41, 5.74) is 1.72. The quantitative estimate of drug-likeness (QED) is 0.557. The van der Waals surface area contributed by atoms with E-state index in [-0.39, 0.29) is 6.10 Å². The molecule has 3 nitrogen and oxygen atoms in total. The third-order valence-corrected chi connectivity index (χ3v) is 4.14. The zero-order valence-corrected chi connectivity index (χ0v) is 15.7. The molecular weight excluding hydrogens is 378 g/mol. The highest BCUT2D eigenvalue weighted by molar-refractivity contribution is 9.10. The van der Waals surface area contributed by atoms with Crippen LogP contribution in [-0.2, 0) is 0 Å². The Balaban J connectivity index is 2.26. The van der Waals surface area contributed by atoms with Gasteiger partial charge in [0, 0.05) is 10.7 Å². The molecule has 0 N–H and O–H groups in total. The Morgan fingerprint density at radius 3 is 2.57 bits per heavy atom. The van der Waals surface area contributed by atoms with Crippen molar-refractivity contribution in [2.45, 2.75) is 26.4 Å². The zero-order chi connectivity index (χ0) is 16.8. The Hall–Kier alpha value is -1.52. The maximum atomic E-state index is 6.34. The van der Waals surface area contributed by atoms with E-state index in [4.69, 9.17) is 21.1 Å². The Bertz CT molecular complexity index is 686. The molecule has 0 aromatic heterocycles. The molecule has 2 aromatic carbocycles. The van der Waals surface area contributed by atoms with Crippen molar-refractivity contribution in [3.8, 4) is 11.5 Å². The van der Waals surface area contributed by atoms with Crippen molar-refractivity contribution in [3.05, 3.63) is 51.5 Å². The number of aliphatic imine (C=N–C) groups is 1. The summed E-state index contributed by atoms with van der Waals surface area (Å²) >= 11 is 9.75. The molecule has 0 saturated heterocycles. The molecule has 1 atom stereocenters. The van der Waals surface area contributed by atoms with Crippen LogP contribution in [-0.4, -0.2) is 19.4 Å². The number of halogens is 2. The van der Waals surface area contributed by atoms with E-state index in [1.165, 1.54) is 0 Å². The van der Waals surface area contributed by atoms with Crippen molar-refractivity contribution >= 4 is 39.4 Å². The Kier molecular flexibility index (Phi) is 6.48. The highest BCUT2D eigenvalue weighted by atomic mass is 79.9. The van der Waals surface area contributed by atoms with Gasteiger partial charge in [-0.1, -0.05) is 34.5 Å². The van der Waals surface area contributed by atoms with Gasteiger partial charge in [-0.2, -0.15) is 0 Å². The normalized spacial score (nSPS) is 12.4. The fraction of sp³-hybridized carbons (Fsp3) is 0.278. The molecular formula is C18H19BrClNO2. The van der Waals surface area contributed by atoms with Gasteiger partial charge in [0.05, 0.1) is 23.9 Å². The van der Waals surface area contributed by atoms with E-state index >= 15 is 0 Å². The van der Waals surface area contributed by atoms with Crippen LogP contribution in [0, 0.1) is 0 Å². The summed E-state index contributed by atoms with van der Waals surface area (Å²) in [6.07, 6.45) is 2.72. The van der Waals surface area contributed by atoms with Crippen molar-refractivity contribution in [1.29, 1.82) is 0 Å². The molecule has 0 saturated carbocycles. The molecule has 5 heteroatoms. The first kappa shape index (κ1) is 17.8. The van der Waals surface area contributed by atoms with Crippen LogP contribution < -0.4 is 9.47 Å². The van der Waals surface area contributed by atoms with Gasteiger partial charge in [-0.25, -0.2) is 0 Å². The number of hydrogen-bond acceptors (Lipinski definition) is 3. The largest absolute Gasteiger partial charge is 0.493 e. The molecule has 0 aliphatic heterocycles. The maximum Gasteiger partial charge on any atom is 0.180 e. The Morgan fingerprint density at radius 1 is 1.26 bits per heavy atom. The summed E-state index contributed by atoms with van der Waals surface area (Å²) in [6, 6.07) is 11.4. The third kappa shape index (κ3) is 4.98. The van der Waals surface area contributed by atoms with Gasteiger partial charge in [0.25, 0.3) is 0 Å². The first-order valence-electron chi connectivity index (χ1n) is 7.37. The van der Waals surface area contributed by atoms with E-state index in [0.717, 1.165) is 22.1 Å². The number of ether oxygens (including phenoxy) is 2. The Morgan fingerprint density at radius 2 is 1.96 bits per heavy atom. The minimum Gasteiger partial charge on any atom is -0.493 e. The molecule has 0 bridgehead atoms. The number of benzene rings is 2. The van der Waals surface area contributed by atoms with Crippen LogP contribution in [0.15, 0.2) is 45.9 Å². The highest BCUT2D eigenvalue weighted by Gasteiger charge is 2.13. The van der Waals surface area contributed by atoms with Crippen LogP contribution >= 0.6 is 27.5 Å². The summed E-state index contributed by atoms with van der Waals surface area (Å²) < 4.78 is 12.3. The lowest BCUT2D eigenvalue weighted by Crippen LogP contribution is -2.11. The third-order valence-electron chi connectivity index (χ3n) is 3.34. The monoisotopic (exact) mass is 395 g/mol. The van der Waals surface area contributed by atoms with Gasteiger partial charge < -0.3 is 9.47 Å². The predicted molar refractivity (Wildman–Crippen MR) is 99.8 cm³/mol. The lowest BCUT2D eigenvalue weighted by molar-refractivity contribution is 0.208. The summed E-state index contributed by atoms with van der Waals surface area (Å²) in [5, 5.41) is 0.516. The molecule has 0 heterocycles. The molecule has 0 aliphatic carbocycles. The first-order valence-corrected chi connectivity index (χ1v) is 8.54. The highest BCUT2D eigenvalue weighted by Crippen LogP contribution is 2.37. The predicted octanol–water partition coefficient (Wildman–Crippen LogP) is 6.04. The summed E-state index contributed by atoms with van der Waals surface area (Å²) in [5.74, 6) is 1.18. The van der Waals surface area contributed by atoms with Crippen LogP contribution in [0.1, 0.15) is 25.8 Å². The summed E-state index contributed by atoms with van der Waals surface area (Å²) in [7, 11) is 1.60. The van der Waals surface area contributed by atoms with Gasteiger partial charge in [0.1, 0.15) is 0 Å². The molecule has 2 rings (SSSR count). The molecule has 0 spiro atoms. The second kappa shape index (κ2) is 8.37. The van der Waals surface area contributed by atoms with E-state index in [9.17, 15) is 0 Å². The molecule has 0 unspecified atom stereocenters. The van der Waals surface area contributed by atoms with Crippen molar-refractivity contribution < 1.29 is 9.47 Å². The van der Waals surface area contributed by atoms with E-state index in [0.29, 0.717) is 16.5 Å². The van der Waals surface area contributed by atoms with Crippen LogP contribution in [0.3, 0.4) is 0 Å². The van der Waals surface area contributed by atoms with Crippen molar-refractivity contribution in [3.63, 3.8) is 0 Å². The second-order valence-corrected chi connectivity index (χ2v) is 6.43. The number of methoxy groups -OCH3 is 1. The molecule has 23 heavy (non-hydrogen) atoms. The van der Waals surface area contributed by atoms with E-state index in [2.05, 4.69) is 27.8 Å². The number of rotatable bonds is 6. The summed E-state index contributed by atoms with van der Waals surface area (Å²) in [6.45, 7) is 4.06. The van der Waals surface area contributed by atoms with Gasteiger partial charge in [-0.05, 0) is 55.3 Å². The van der Waals surface area contributed by atoms with Crippen LogP contribution in [0.2, 0.25) is 5.02 Å². The summed E-state index contributed by atoms with van der Waals surface area (Å²) in [4.78, 5) is 4.44. The van der Waals surface area contributed by atoms with Crippen LogP contribution in [0.5, 0.6) is 11.5 Å². The van der Waals surface area contributed by atoms with Gasteiger partial charge in [0.15, 0.2) is 11.5 Å². The fourth-order valence-corrected chi connectivity index (χ4v) is 2.42. The van der Waals surface area contributed by atoms with Gasteiger partial charge in [-0.3, -0.25) is 4.99 Å². The van der Waals surface area contributed by atoms with E-state index < -0.39 is 0 Å². The molecule has 0 radical (unpaired) electrons. The van der Waals surface area contributed by atoms with E-state index in [1.807, 2.05) is 43.3 Å². The molecule has 0 amide bonds. The second-order valence-electron chi connectivity index (χ2n) is 5.11. The number of hydrogen-bond donors (Lipinski definition) is 0. The lowest BCUT2D eigenvalue weighted by atomic mass is 10.2. The van der Waals surface area contributed by atoms with Crippen molar-refractivity contribution in [2.24, 2.45) is 4.99 Å². The van der Waals surface area contributed by atoms with Gasteiger partial charge >= 0.3 is 0 Å². The van der Waals surface area contributed by atoms with Gasteiger partial charge in [0.2, 0.25) is 0 Å². The Labute approximate surface area is 150 Å². The molecule has 0 aliphatic rings. The zero-order valence-electron chi connectivity index (χ0n) is 13.3. The molecule has 2 aromatic rings. The smallest absolute Gasteiger partial charge is 0.180 e. The SMILES string of the molecule is CC[C@@H](C)Oc1c(Cl)cc(C=Nc2ccc(Br)cc2)cc1OC. The van der Waals surface area contributed by atoms with Gasteiger partial charge in [-0.15, -0.1) is 0 Å². The van der Waals surface area contributed by atoms with Crippen LogP contribution in [0.4, 0.5) is 5.69 Å². The fourth-order valence-electron chi connectivity index (χ4n) is 1.89. The lowest BCUT2D eigenvalue weighted by Gasteiger charge is -2.17. The minimum atomic E-state index is 0.0729. The maximum absolute atomic E-state index is 6.34. The molecule has 0 fully saturated rings. The van der Waals surface area contributed by atoms with Crippen molar-refractivity contribution in [2.75, 3.05) is 7.11 Å². The molecule has 122 valence electrons. The topological polar surface area (TPSA) is 30.8 Å². The van der Waals surface area contributed by atoms with Crippen LogP contribution in [0.25, 0.3) is 0 Å². The minimum absolute atomic E-state index is 0.0729. The average molecular weight is 397 g/mol. The van der Waals surface area contributed by atoms with Crippen molar-refractivity contribution in [1.82, 2.24) is 0 Å². The standard InChI is InChI=1S/C18H19BrClNO2/c1-4-12(2)23-18-16(20)9-13(10-17(18)22-3)11-21-15-7-5-14(19)6-8-15/h5-12H,4H2,1-3H3/t12-/m1/s1.